The molecule has 0 saturated heterocycles. The maximum Gasteiger partial charge on any atom is 0.317 e. The topological polar surface area (TPSA) is 81.4 Å². The molecule has 6 nitrogen and oxygen atoms in total. The number of nitrogens with one attached hydrogen (secondary N) is 1. The summed E-state index contributed by atoms with van der Waals surface area (Å²) in [5.41, 5.74) is 2.58. The quantitative estimate of drug-likeness (QED) is 0.420. The number of aromatic nitrogens is 1. The van der Waals surface area contributed by atoms with Gasteiger partial charge in [-0.1, -0.05) is 61.2 Å². The van der Waals surface area contributed by atoms with Crippen LogP contribution in [0.1, 0.15) is 31.7 Å². The Labute approximate surface area is 174 Å². The Morgan fingerprint density at radius 2 is 1.86 bits per heavy atom. The van der Waals surface area contributed by atoms with Crippen molar-refractivity contribution in [3.63, 3.8) is 0 Å². The molecule has 0 radical (unpaired) electrons. The number of nitrogens with zero attached hydrogens (tertiary/aromatic N) is 1. The van der Waals surface area contributed by atoms with Gasteiger partial charge in [0.15, 0.2) is 11.7 Å². The number of carbonyl (C=O) groups is 2. The van der Waals surface area contributed by atoms with Gasteiger partial charge >= 0.3 is 5.97 Å². The molecule has 7 heteroatoms. The van der Waals surface area contributed by atoms with Crippen LogP contribution in [-0.2, 0) is 14.3 Å². The number of fused-ring (bicyclic) bond motifs is 1. The van der Waals surface area contributed by atoms with Gasteiger partial charge in [0, 0.05) is 12.5 Å². The highest BCUT2D eigenvalue weighted by Gasteiger charge is 2.20. The number of esters is 1. The van der Waals surface area contributed by atoms with E-state index in [1.54, 1.807) is 6.92 Å². The first-order valence-electron chi connectivity index (χ1n) is 9.57. The first kappa shape index (κ1) is 20.9. The van der Waals surface area contributed by atoms with E-state index in [0.717, 1.165) is 23.7 Å². The van der Waals surface area contributed by atoms with Gasteiger partial charge in [-0.25, -0.2) is 4.98 Å². The number of benzene rings is 2. The number of oxazole rings is 1. The average Bonchev–Trinajstić information content (AvgIpc) is 3.16. The number of thioether (sulfide) groups is 1. The number of ether oxygens (including phenoxy) is 1. The van der Waals surface area contributed by atoms with Gasteiger partial charge in [-0.15, -0.1) is 0 Å². The molecule has 2 atom stereocenters. The lowest BCUT2D eigenvalue weighted by Crippen LogP contribution is -2.38. The lowest BCUT2D eigenvalue weighted by atomic mass is 9.96. The van der Waals surface area contributed by atoms with Crippen molar-refractivity contribution in [2.75, 3.05) is 12.3 Å². The highest BCUT2D eigenvalue weighted by molar-refractivity contribution is 7.99. The average molecular weight is 413 g/mol. The zero-order chi connectivity index (χ0) is 20.6. The SMILES string of the molecule is CC[C@@H](CNC(=O)[C@@H](C)OC(=O)CSc1nc2ccccc2o1)c1ccccc1. The summed E-state index contributed by atoms with van der Waals surface area (Å²) in [5, 5.41) is 3.27. The van der Waals surface area contributed by atoms with E-state index in [4.69, 9.17) is 9.15 Å². The Morgan fingerprint density at radius 1 is 1.14 bits per heavy atom. The number of rotatable bonds is 9. The van der Waals surface area contributed by atoms with E-state index >= 15 is 0 Å². The zero-order valence-corrected chi connectivity index (χ0v) is 17.3. The minimum absolute atomic E-state index is 0.0199. The number of amides is 1. The van der Waals surface area contributed by atoms with E-state index in [1.807, 2.05) is 54.6 Å². The predicted molar refractivity (Wildman–Crippen MR) is 113 cm³/mol. The third-order valence-electron chi connectivity index (χ3n) is 4.55. The molecule has 0 bridgehead atoms. The summed E-state index contributed by atoms with van der Waals surface area (Å²) in [6.45, 7) is 4.15. The third kappa shape index (κ3) is 5.84. The van der Waals surface area contributed by atoms with Gasteiger partial charge in [-0.2, -0.15) is 0 Å². The van der Waals surface area contributed by atoms with Crippen LogP contribution in [0.5, 0.6) is 0 Å². The minimum atomic E-state index is -0.861. The van der Waals surface area contributed by atoms with Crippen LogP contribution >= 0.6 is 11.8 Å². The smallest absolute Gasteiger partial charge is 0.317 e. The van der Waals surface area contributed by atoms with Crippen LogP contribution in [0.4, 0.5) is 0 Å². The molecule has 0 unspecified atom stereocenters. The minimum Gasteiger partial charge on any atom is -0.452 e. The number of hydrogen-bond acceptors (Lipinski definition) is 6. The second kappa shape index (κ2) is 10.1. The largest absolute Gasteiger partial charge is 0.452 e. The number of para-hydroxylation sites is 2. The Hall–Kier alpha value is -2.80. The fourth-order valence-corrected chi connectivity index (χ4v) is 3.53. The van der Waals surface area contributed by atoms with Gasteiger partial charge in [-0.3, -0.25) is 9.59 Å². The van der Waals surface area contributed by atoms with E-state index in [-0.39, 0.29) is 17.6 Å². The van der Waals surface area contributed by atoms with Gasteiger partial charge in [0.2, 0.25) is 0 Å². The van der Waals surface area contributed by atoms with Crippen molar-refractivity contribution < 1.29 is 18.7 Å². The Kier molecular flexibility index (Phi) is 7.30. The molecule has 0 aliphatic rings. The number of hydrogen-bond donors (Lipinski definition) is 1. The summed E-state index contributed by atoms with van der Waals surface area (Å²) in [6, 6.07) is 17.4. The molecule has 0 saturated carbocycles. The van der Waals surface area contributed by atoms with Crippen molar-refractivity contribution in [3.8, 4) is 0 Å². The summed E-state index contributed by atoms with van der Waals surface area (Å²) >= 11 is 1.14. The van der Waals surface area contributed by atoms with Crippen molar-refractivity contribution in [1.29, 1.82) is 0 Å². The molecule has 152 valence electrons. The lowest BCUT2D eigenvalue weighted by molar-refractivity contribution is -0.152. The van der Waals surface area contributed by atoms with Crippen LogP contribution in [0, 0.1) is 0 Å². The Bertz CT molecular complexity index is 925. The molecule has 2 aromatic carbocycles. The summed E-state index contributed by atoms with van der Waals surface area (Å²) < 4.78 is 10.8. The summed E-state index contributed by atoms with van der Waals surface area (Å²) in [7, 11) is 0. The first-order chi connectivity index (χ1) is 14.1. The normalized spacial score (nSPS) is 13.0. The fraction of sp³-hybridized carbons (Fsp3) is 0.318. The fourth-order valence-electron chi connectivity index (χ4n) is 2.91. The molecule has 0 spiro atoms. The maximum absolute atomic E-state index is 12.3. The highest BCUT2D eigenvalue weighted by Crippen LogP contribution is 2.23. The van der Waals surface area contributed by atoms with Crippen molar-refractivity contribution >= 4 is 34.7 Å². The van der Waals surface area contributed by atoms with Gasteiger partial charge in [-0.05, 0) is 31.0 Å². The standard InChI is InChI=1S/C22H24N2O4S/c1-3-16(17-9-5-4-6-10-17)13-23-21(26)15(2)27-20(25)14-29-22-24-18-11-7-8-12-19(18)28-22/h4-12,15-16H,3,13-14H2,1-2H3,(H,23,26)/t15-,16+/m1/s1. The van der Waals surface area contributed by atoms with Crippen LogP contribution in [0.15, 0.2) is 64.2 Å². The van der Waals surface area contributed by atoms with Crippen LogP contribution in [0.3, 0.4) is 0 Å². The maximum atomic E-state index is 12.3. The van der Waals surface area contributed by atoms with Crippen LogP contribution < -0.4 is 5.32 Å². The zero-order valence-electron chi connectivity index (χ0n) is 16.5. The van der Waals surface area contributed by atoms with Crippen LogP contribution in [0.25, 0.3) is 11.1 Å². The number of carbonyl (C=O) groups excluding carboxylic acids is 2. The molecule has 3 rings (SSSR count). The van der Waals surface area contributed by atoms with E-state index in [9.17, 15) is 9.59 Å². The molecule has 1 aromatic heterocycles. The highest BCUT2D eigenvalue weighted by atomic mass is 32.2. The lowest BCUT2D eigenvalue weighted by Gasteiger charge is -2.18. The second-order valence-corrected chi connectivity index (χ2v) is 7.56. The van der Waals surface area contributed by atoms with E-state index in [0.29, 0.717) is 17.4 Å². The molecule has 1 heterocycles. The molecule has 1 amide bonds. The van der Waals surface area contributed by atoms with Gasteiger partial charge in [0.05, 0.1) is 0 Å². The molecular formula is C22H24N2O4S. The molecule has 0 aliphatic carbocycles. The van der Waals surface area contributed by atoms with Gasteiger partial charge < -0.3 is 14.5 Å². The Balaban J connectivity index is 1.44. The van der Waals surface area contributed by atoms with E-state index in [1.165, 1.54) is 5.56 Å². The van der Waals surface area contributed by atoms with E-state index < -0.39 is 12.1 Å². The molecule has 29 heavy (non-hydrogen) atoms. The monoisotopic (exact) mass is 412 g/mol. The first-order valence-corrected chi connectivity index (χ1v) is 10.6. The summed E-state index contributed by atoms with van der Waals surface area (Å²) in [4.78, 5) is 28.7. The van der Waals surface area contributed by atoms with Crippen LogP contribution in [-0.4, -0.2) is 35.3 Å². The predicted octanol–water partition coefficient (Wildman–Crippen LogP) is 4.16. The van der Waals surface area contributed by atoms with Crippen molar-refractivity contribution in [2.24, 2.45) is 0 Å². The molecular weight excluding hydrogens is 388 g/mol. The Morgan fingerprint density at radius 3 is 2.59 bits per heavy atom. The summed E-state index contributed by atoms with van der Waals surface area (Å²) in [6.07, 6.45) is 0.0413. The summed E-state index contributed by atoms with van der Waals surface area (Å²) in [5.74, 6) is -0.557. The van der Waals surface area contributed by atoms with Crippen LogP contribution in [0.2, 0.25) is 0 Å². The molecule has 1 N–H and O–H groups in total. The van der Waals surface area contributed by atoms with Crippen molar-refractivity contribution in [3.05, 3.63) is 60.2 Å². The van der Waals surface area contributed by atoms with Gasteiger partial charge in [0.25, 0.3) is 11.1 Å². The van der Waals surface area contributed by atoms with Crippen molar-refractivity contribution in [2.45, 2.75) is 37.5 Å². The second-order valence-electron chi connectivity index (χ2n) is 6.63. The molecule has 0 aliphatic heterocycles. The third-order valence-corrected chi connectivity index (χ3v) is 5.35. The van der Waals surface area contributed by atoms with E-state index in [2.05, 4.69) is 17.2 Å². The molecule has 3 aromatic rings. The van der Waals surface area contributed by atoms with Gasteiger partial charge in [0.1, 0.15) is 11.3 Å². The molecule has 0 fully saturated rings. The van der Waals surface area contributed by atoms with Crippen molar-refractivity contribution in [1.82, 2.24) is 10.3 Å².